The normalized spacial score (nSPS) is 13.1. The van der Waals surface area contributed by atoms with Gasteiger partial charge in [0.05, 0.1) is 17.1 Å². The van der Waals surface area contributed by atoms with Crippen LogP contribution in [-0.2, 0) is 21.2 Å². The summed E-state index contributed by atoms with van der Waals surface area (Å²) in [6, 6.07) is 16.1. The van der Waals surface area contributed by atoms with E-state index in [4.69, 9.17) is 4.42 Å². The van der Waals surface area contributed by atoms with E-state index in [9.17, 15) is 13.2 Å². The predicted octanol–water partition coefficient (Wildman–Crippen LogP) is 3.06. The molecule has 4 aromatic rings. The van der Waals surface area contributed by atoms with E-state index in [1.807, 2.05) is 37.3 Å². The van der Waals surface area contributed by atoms with Crippen molar-refractivity contribution in [1.29, 1.82) is 0 Å². The molecule has 0 aliphatic rings. The van der Waals surface area contributed by atoms with Crippen LogP contribution in [0.15, 0.2) is 64.2 Å². The molecule has 0 spiro atoms. The number of fused-ring (bicyclic) bond motifs is 2. The molecule has 2 aromatic heterocycles. The molecule has 0 saturated heterocycles. The van der Waals surface area contributed by atoms with Crippen LogP contribution in [0.4, 0.5) is 0 Å². The molecule has 1 amide bonds. The van der Waals surface area contributed by atoms with Gasteiger partial charge >= 0.3 is 0 Å². The third-order valence-electron chi connectivity index (χ3n) is 4.50. The van der Waals surface area contributed by atoms with E-state index in [1.54, 1.807) is 24.3 Å². The minimum absolute atomic E-state index is 0.125. The quantitative estimate of drug-likeness (QED) is 0.559. The fraction of sp³-hybridized carbons (Fsp3) is 0.200. The topological polar surface area (TPSA) is 94.2 Å². The van der Waals surface area contributed by atoms with E-state index in [2.05, 4.69) is 10.3 Å². The van der Waals surface area contributed by atoms with Gasteiger partial charge in [-0.1, -0.05) is 30.3 Å². The van der Waals surface area contributed by atoms with Gasteiger partial charge in [0, 0.05) is 11.6 Å². The van der Waals surface area contributed by atoms with Gasteiger partial charge in [0.25, 0.3) is 0 Å². The van der Waals surface area contributed by atoms with Crippen molar-refractivity contribution in [2.24, 2.45) is 0 Å². The minimum Gasteiger partial charge on any atom is -0.459 e. The molecule has 1 N–H and O–H groups in total. The molecule has 0 bridgehead atoms. The average Bonchev–Trinajstić information content (AvgIpc) is 3.23. The smallest absolute Gasteiger partial charge is 0.240 e. The first-order valence-corrected chi connectivity index (χ1v) is 10.7. The number of carbonyl (C=O) groups is 1. The third-order valence-corrected chi connectivity index (χ3v) is 5.48. The van der Waals surface area contributed by atoms with Crippen LogP contribution in [0.3, 0.4) is 0 Å². The molecule has 0 fully saturated rings. The summed E-state index contributed by atoms with van der Waals surface area (Å²) in [6.07, 6.45) is 1.08. The van der Waals surface area contributed by atoms with E-state index in [0.717, 1.165) is 17.2 Å². The number of sulfone groups is 1. The van der Waals surface area contributed by atoms with Crippen LogP contribution < -0.4 is 5.32 Å². The van der Waals surface area contributed by atoms with Crippen LogP contribution in [-0.4, -0.2) is 30.1 Å². The monoisotopic (exact) mass is 397 g/mol. The Morgan fingerprint density at radius 1 is 1.18 bits per heavy atom. The third kappa shape index (κ3) is 3.38. The summed E-state index contributed by atoms with van der Waals surface area (Å²) < 4.78 is 31.4. The molecule has 0 aliphatic carbocycles. The zero-order valence-corrected chi connectivity index (χ0v) is 16.2. The van der Waals surface area contributed by atoms with Gasteiger partial charge in [-0.2, -0.15) is 0 Å². The van der Waals surface area contributed by atoms with Gasteiger partial charge in [-0.15, -0.1) is 0 Å². The Balaban J connectivity index is 1.60. The lowest BCUT2D eigenvalue weighted by Gasteiger charge is -2.13. The first-order valence-electron chi connectivity index (χ1n) is 8.76. The summed E-state index contributed by atoms with van der Waals surface area (Å²) in [5.74, 6) is 0.300. The fourth-order valence-electron chi connectivity index (χ4n) is 3.21. The highest BCUT2D eigenvalue weighted by Gasteiger charge is 2.22. The van der Waals surface area contributed by atoms with Crippen molar-refractivity contribution in [3.05, 3.63) is 60.4 Å². The molecule has 1 atom stereocenters. The van der Waals surface area contributed by atoms with Crippen molar-refractivity contribution in [2.45, 2.75) is 24.7 Å². The number of aromatic nitrogens is 2. The summed E-state index contributed by atoms with van der Waals surface area (Å²) >= 11 is 0. The van der Waals surface area contributed by atoms with Crippen LogP contribution in [0.5, 0.6) is 0 Å². The van der Waals surface area contributed by atoms with E-state index in [1.165, 1.54) is 4.57 Å². The molecular formula is C20H19N3O4S. The second-order valence-corrected chi connectivity index (χ2v) is 8.63. The number of nitrogens with zero attached hydrogens (tertiary/aromatic N) is 2. The zero-order valence-electron chi connectivity index (χ0n) is 15.4. The van der Waals surface area contributed by atoms with E-state index < -0.39 is 9.84 Å². The number of para-hydroxylation sites is 3. The van der Waals surface area contributed by atoms with Crippen molar-refractivity contribution in [3.63, 3.8) is 0 Å². The average molecular weight is 397 g/mol. The maximum atomic E-state index is 12.6. The summed E-state index contributed by atoms with van der Waals surface area (Å²) in [7, 11) is -3.59. The maximum Gasteiger partial charge on any atom is 0.240 e. The van der Waals surface area contributed by atoms with E-state index >= 15 is 0 Å². The summed E-state index contributed by atoms with van der Waals surface area (Å²) in [4.78, 5) is 16.8. The molecule has 1 unspecified atom stereocenters. The number of hydrogen-bond acceptors (Lipinski definition) is 5. The van der Waals surface area contributed by atoms with Gasteiger partial charge in [-0.25, -0.2) is 13.4 Å². The van der Waals surface area contributed by atoms with Crippen LogP contribution in [0.1, 0.15) is 18.7 Å². The Kier molecular flexibility index (Phi) is 4.43. The lowest BCUT2D eigenvalue weighted by molar-refractivity contribution is -0.122. The van der Waals surface area contributed by atoms with E-state index in [-0.39, 0.29) is 23.7 Å². The predicted molar refractivity (Wildman–Crippen MR) is 106 cm³/mol. The molecule has 2 aromatic carbocycles. The standard InChI is InChI=1S/C20H19N3O4S/c1-13(18-11-14-7-3-6-10-17(14)27-18)21-19(24)12-23-16-9-5-4-8-15(16)22-20(23)28(2,25)26/h3-11,13H,12H2,1-2H3,(H,21,24). The number of furan rings is 1. The number of benzene rings is 2. The Labute approximate surface area is 161 Å². The van der Waals surface area contributed by atoms with Crippen LogP contribution in [0.2, 0.25) is 0 Å². The first-order chi connectivity index (χ1) is 13.3. The van der Waals surface area contributed by atoms with E-state index in [0.29, 0.717) is 16.8 Å². The van der Waals surface area contributed by atoms with Crippen molar-refractivity contribution in [3.8, 4) is 0 Å². The highest BCUT2D eigenvalue weighted by Crippen LogP contribution is 2.24. The summed E-state index contributed by atoms with van der Waals surface area (Å²) in [5, 5.41) is 3.69. The molecule has 8 heteroatoms. The molecule has 0 saturated carbocycles. The van der Waals surface area contributed by atoms with Gasteiger partial charge in [0.2, 0.25) is 20.9 Å². The molecule has 0 aliphatic heterocycles. The maximum absolute atomic E-state index is 12.6. The van der Waals surface area contributed by atoms with Gasteiger partial charge in [0.15, 0.2) is 0 Å². The molecule has 2 heterocycles. The number of rotatable bonds is 5. The lowest BCUT2D eigenvalue weighted by Crippen LogP contribution is -2.30. The highest BCUT2D eigenvalue weighted by atomic mass is 32.2. The van der Waals surface area contributed by atoms with Gasteiger partial charge < -0.3 is 14.3 Å². The van der Waals surface area contributed by atoms with Crippen molar-refractivity contribution in [2.75, 3.05) is 6.26 Å². The molecule has 28 heavy (non-hydrogen) atoms. The van der Waals surface area contributed by atoms with Crippen molar-refractivity contribution >= 4 is 37.7 Å². The SMILES string of the molecule is CC(NC(=O)Cn1c(S(C)(=O)=O)nc2ccccc21)c1cc2ccccc2o1. The Hall–Kier alpha value is -3.13. The largest absolute Gasteiger partial charge is 0.459 e. The van der Waals surface area contributed by atoms with Crippen LogP contribution >= 0.6 is 0 Å². The zero-order chi connectivity index (χ0) is 19.9. The lowest BCUT2D eigenvalue weighted by atomic mass is 10.2. The first kappa shape index (κ1) is 18.2. The number of hydrogen-bond donors (Lipinski definition) is 1. The molecular weight excluding hydrogens is 378 g/mol. The number of nitrogens with one attached hydrogen (secondary N) is 1. The van der Waals surface area contributed by atoms with Gasteiger partial charge in [-0.05, 0) is 31.2 Å². The molecule has 144 valence electrons. The Morgan fingerprint density at radius 3 is 2.64 bits per heavy atom. The number of carbonyl (C=O) groups excluding carboxylic acids is 1. The van der Waals surface area contributed by atoms with Crippen molar-refractivity contribution < 1.29 is 17.6 Å². The minimum atomic E-state index is -3.59. The summed E-state index contributed by atoms with van der Waals surface area (Å²) in [5.41, 5.74) is 1.87. The fourth-order valence-corrected chi connectivity index (χ4v) is 4.03. The molecule has 4 rings (SSSR count). The second-order valence-electron chi connectivity index (χ2n) is 6.72. The molecule has 7 nitrogen and oxygen atoms in total. The van der Waals surface area contributed by atoms with Crippen LogP contribution in [0.25, 0.3) is 22.0 Å². The van der Waals surface area contributed by atoms with Gasteiger partial charge in [0.1, 0.15) is 17.9 Å². The second kappa shape index (κ2) is 6.79. The highest BCUT2D eigenvalue weighted by molar-refractivity contribution is 7.90. The Morgan fingerprint density at radius 2 is 1.89 bits per heavy atom. The molecule has 0 radical (unpaired) electrons. The van der Waals surface area contributed by atoms with Crippen LogP contribution in [0, 0.1) is 0 Å². The summed E-state index contributed by atoms with van der Waals surface area (Å²) in [6.45, 7) is 1.66. The Bertz CT molecular complexity index is 1250. The number of imidazole rings is 1. The number of amides is 1. The van der Waals surface area contributed by atoms with Gasteiger partial charge in [-0.3, -0.25) is 4.79 Å². The van der Waals surface area contributed by atoms with Crippen molar-refractivity contribution in [1.82, 2.24) is 14.9 Å².